The maximum atomic E-state index is 13.8. The zero-order valence-electron chi connectivity index (χ0n) is 17.4. The van der Waals surface area contributed by atoms with Crippen LogP contribution in [0.5, 0.6) is 11.5 Å². The number of nitrogens with zero attached hydrogens (tertiary/aromatic N) is 2. The normalized spacial score (nSPS) is 15.8. The van der Waals surface area contributed by atoms with Crippen LogP contribution in [0.4, 0.5) is 4.39 Å². The van der Waals surface area contributed by atoms with E-state index in [-0.39, 0.29) is 23.6 Å². The van der Waals surface area contributed by atoms with Gasteiger partial charge in [-0.1, -0.05) is 54.3 Å². The number of amides is 1. The van der Waals surface area contributed by atoms with Crippen LogP contribution >= 0.6 is 24.0 Å². The molecule has 0 saturated carbocycles. The quantitative estimate of drug-likeness (QED) is 0.444. The van der Waals surface area contributed by atoms with Crippen molar-refractivity contribution in [2.24, 2.45) is 0 Å². The molecular formula is C24H21FN2O3S2. The van der Waals surface area contributed by atoms with Crippen LogP contribution in [0.3, 0.4) is 0 Å². The zero-order valence-corrected chi connectivity index (χ0v) is 19.0. The van der Waals surface area contributed by atoms with E-state index in [9.17, 15) is 9.18 Å². The summed E-state index contributed by atoms with van der Waals surface area (Å²) in [6.07, 6.45) is 3.94. The number of hydrogen-bond acceptors (Lipinski definition) is 6. The maximum Gasteiger partial charge on any atom is 0.242 e. The van der Waals surface area contributed by atoms with E-state index in [0.717, 1.165) is 11.1 Å². The van der Waals surface area contributed by atoms with Crippen molar-refractivity contribution in [3.05, 3.63) is 89.5 Å². The largest absolute Gasteiger partial charge is 0.493 e. The van der Waals surface area contributed by atoms with E-state index in [1.165, 1.54) is 17.8 Å². The van der Waals surface area contributed by atoms with E-state index < -0.39 is 0 Å². The van der Waals surface area contributed by atoms with Crippen molar-refractivity contribution in [2.75, 3.05) is 7.11 Å². The van der Waals surface area contributed by atoms with Crippen molar-refractivity contribution in [1.29, 1.82) is 0 Å². The Balaban J connectivity index is 1.42. The number of aromatic nitrogens is 1. The van der Waals surface area contributed by atoms with Crippen LogP contribution in [0.2, 0.25) is 0 Å². The highest BCUT2D eigenvalue weighted by Gasteiger charge is 2.36. The third-order valence-corrected chi connectivity index (χ3v) is 6.64. The summed E-state index contributed by atoms with van der Waals surface area (Å²) in [6.45, 7) is 0.512. The number of carbonyl (C=O) groups is 1. The second kappa shape index (κ2) is 10.1. The molecule has 8 heteroatoms. The van der Waals surface area contributed by atoms with Crippen molar-refractivity contribution in [3.63, 3.8) is 0 Å². The average Bonchev–Trinajstić information content (AvgIpc) is 3.07. The van der Waals surface area contributed by atoms with Crippen LogP contribution in [0, 0.1) is 5.82 Å². The van der Waals surface area contributed by atoms with E-state index in [1.54, 1.807) is 48.7 Å². The lowest BCUT2D eigenvalue weighted by Crippen LogP contribution is -2.31. The fourth-order valence-electron chi connectivity index (χ4n) is 3.39. The topological polar surface area (TPSA) is 51.7 Å². The van der Waals surface area contributed by atoms with Crippen LogP contribution in [-0.2, 0) is 24.4 Å². The van der Waals surface area contributed by atoms with Gasteiger partial charge in [0.15, 0.2) is 11.5 Å². The van der Waals surface area contributed by atoms with E-state index in [4.69, 9.17) is 21.7 Å². The second-order valence-corrected chi connectivity index (χ2v) is 9.06. The number of thiocarbonyl (C=S) groups is 1. The van der Waals surface area contributed by atoms with E-state index in [2.05, 4.69) is 4.98 Å². The first-order chi connectivity index (χ1) is 15.5. The summed E-state index contributed by atoms with van der Waals surface area (Å²) in [6, 6.07) is 15.8. The van der Waals surface area contributed by atoms with Crippen molar-refractivity contribution in [1.82, 2.24) is 9.88 Å². The van der Waals surface area contributed by atoms with Crippen molar-refractivity contribution >= 4 is 34.2 Å². The molecule has 1 aliphatic rings. The third-order valence-electron chi connectivity index (χ3n) is 5.06. The van der Waals surface area contributed by atoms with Gasteiger partial charge in [0.1, 0.15) is 16.7 Å². The zero-order chi connectivity index (χ0) is 22.5. The Morgan fingerprint density at radius 1 is 1.12 bits per heavy atom. The molecule has 164 valence electrons. The minimum absolute atomic E-state index is 0.0114. The van der Waals surface area contributed by atoms with E-state index >= 15 is 0 Å². The predicted molar refractivity (Wildman–Crippen MR) is 126 cm³/mol. The molecule has 2 heterocycles. The summed E-state index contributed by atoms with van der Waals surface area (Å²) in [5.74, 6) is 0.720. The van der Waals surface area contributed by atoms with Crippen LogP contribution < -0.4 is 9.47 Å². The van der Waals surface area contributed by atoms with Gasteiger partial charge in [-0.15, -0.1) is 0 Å². The van der Waals surface area contributed by atoms with E-state index in [0.29, 0.717) is 34.3 Å². The minimum atomic E-state index is -0.313. The van der Waals surface area contributed by atoms with Gasteiger partial charge in [-0.2, -0.15) is 0 Å². The highest BCUT2D eigenvalue weighted by Crippen LogP contribution is 2.34. The molecule has 3 aromatic rings. The molecule has 1 atom stereocenters. The molecule has 1 aliphatic heterocycles. The number of ether oxygens (including phenoxy) is 2. The number of carbonyl (C=O) groups excluding carboxylic acids is 1. The fraction of sp³-hybridized carbons (Fsp3) is 0.208. The lowest BCUT2D eigenvalue weighted by Gasteiger charge is -2.16. The Kier molecular flexibility index (Phi) is 7.02. The molecule has 1 fully saturated rings. The Morgan fingerprint density at radius 2 is 1.97 bits per heavy atom. The Labute approximate surface area is 195 Å². The van der Waals surface area contributed by atoms with Crippen LogP contribution in [0.15, 0.2) is 67.0 Å². The van der Waals surface area contributed by atoms with Crippen molar-refractivity contribution < 1.29 is 18.7 Å². The van der Waals surface area contributed by atoms with Gasteiger partial charge in [0.2, 0.25) is 5.91 Å². The predicted octanol–water partition coefficient (Wildman–Crippen LogP) is 4.78. The van der Waals surface area contributed by atoms with Gasteiger partial charge in [-0.25, -0.2) is 4.39 Å². The molecule has 0 unspecified atom stereocenters. The molecule has 1 aromatic heterocycles. The average molecular weight is 469 g/mol. The highest BCUT2D eigenvalue weighted by atomic mass is 32.2. The molecule has 0 bridgehead atoms. The standard InChI is InChI=1S/C24H21FN2O3S2/c1-29-21-11-16(8-9-20(21)30-15-18-6-2-3-7-19(18)25)12-22-23(28)27(24(31)32-22)14-17-5-4-10-26-13-17/h2-11,13,22H,12,14-15H2,1H3/t22-/m0/s1. The molecule has 1 amide bonds. The number of halogens is 1. The number of thioether (sulfide) groups is 1. The number of methoxy groups -OCH3 is 1. The monoisotopic (exact) mass is 468 g/mol. The third kappa shape index (κ3) is 5.08. The van der Waals surface area contributed by atoms with Crippen molar-refractivity contribution in [2.45, 2.75) is 24.8 Å². The molecule has 4 rings (SSSR count). The van der Waals surface area contributed by atoms with Gasteiger partial charge in [0.05, 0.1) is 18.9 Å². The van der Waals surface area contributed by atoms with Crippen LogP contribution in [0.25, 0.3) is 0 Å². The van der Waals surface area contributed by atoms with Crippen LogP contribution in [0.1, 0.15) is 16.7 Å². The molecule has 0 aliphatic carbocycles. The summed E-state index contributed by atoms with van der Waals surface area (Å²) < 4.78 is 25.6. The first kappa shape index (κ1) is 22.2. The molecular weight excluding hydrogens is 447 g/mol. The summed E-state index contributed by atoms with van der Waals surface area (Å²) in [7, 11) is 1.55. The van der Waals surface area contributed by atoms with Gasteiger partial charge >= 0.3 is 0 Å². The molecule has 0 radical (unpaired) electrons. The van der Waals surface area contributed by atoms with Crippen molar-refractivity contribution in [3.8, 4) is 11.5 Å². The summed E-state index contributed by atoms with van der Waals surface area (Å²) >= 11 is 6.84. The Bertz CT molecular complexity index is 1130. The van der Waals surface area contributed by atoms with Crippen LogP contribution in [-0.4, -0.2) is 32.5 Å². The number of hydrogen-bond donors (Lipinski definition) is 0. The summed E-state index contributed by atoms with van der Waals surface area (Å²) in [5, 5.41) is -0.297. The summed E-state index contributed by atoms with van der Waals surface area (Å²) in [5.41, 5.74) is 2.33. The first-order valence-electron chi connectivity index (χ1n) is 9.99. The van der Waals surface area contributed by atoms with Gasteiger partial charge in [-0.05, 0) is 41.8 Å². The molecule has 1 saturated heterocycles. The second-order valence-electron chi connectivity index (χ2n) is 7.23. The Hall–Kier alpha value is -2.97. The minimum Gasteiger partial charge on any atom is -0.493 e. The smallest absolute Gasteiger partial charge is 0.242 e. The first-order valence-corrected chi connectivity index (χ1v) is 11.3. The molecule has 5 nitrogen and oxygen atoms in total. The Morgan fingerprint density at radius 3 is 2.72 bits per heavy atom. The summed E-state index contributed by atoms with van der Waals surface area (Å²) in [4.78, 5) is 18.7. The number of pyridine rings is 1. The van der Waals surface area contributed by atoms with E-state index in [1.807, 2.05) is 24.3 Å². The molecule has 0 N–H and O–H groups in total. The molecule has 32 heavy (non-hydrogen) atoms. The highest BCUT2D eigenvalue weighted by molar-refractivity contribution is 8.24. The number of rotatable bonds is 8. The number of benzene rings is 2. The molecule has 2 aromatic carbocycles. The molecule has 0 spiro atoms. The lowest BCUT2D eigenvalue weighted by atomic mass is 10.1. The van der Waals surface area contributed by atoms with Gasteiger partial charge < -0.3 is 9.47 Å². The van der Waals surface area contributed by atoms with Gasteiger partial charge in [0, 0.05) is 18.0 Å². The SMILES string of the molecule is COc1cc(C[C@@H]2SC(=S)N(Cc3cccnc3)C2=O)ccc1OCc1ccccc1F. The lowest BCUT2D eigenvalue weighted by molar-refractivity contribution is -0.126. The van der Waals surface area contributed by atoms with Gasteiger partial charge in [0.25, 0.3) is 0 Å². The maximum absolute atomic E-state index is 13.8. The fourth-order valence-corrected chi connectivity index (χ4v) is 4.92. The van der Waals surface area contributed by atoms with Gasteiger partial charge in [-0.3, -0.25) is 14.7 Å².